The molecule has 0 unspecified atom stereocenters. The van der Waals surface area contributed by atoms with Crippen molar-refractivity contribution in [3.63, 3.8) is 0 Å². The molecule has 0 radical (unpaired) electrons. The summed E-state index contributed by atoms with van der Waals surface area (Å²) in [6.07, 6.45) is 2.20. The van der Waals surface area contributed by atoms with Crippen molar-refractivity contribution in [1.29, 1.82) is 0 Å². The second kappa shape index (κ2) is 13.8. The van der Waals surface area contributed by atoms with Gasteiger partial charge in [-0.25, -0.2) is 4.39 Å². The van der Waals surface area contributed by atoms with E-state index in [-0.39, 0.29) is 30.4 Å². The highest BCUT2D eigenvalue weighted by atomic mass is 35.5. The summed E-state index contributed by atoms with van der Waals surface area (Å²) in [6, 6.07) is 24.1. The van der Waals surface area contributed by atoms with Crippen LogP contribution in [-0.2, 0) is 29.3 Å². The van der Waals surface area contributed by atoms with Crippen molar-refractivity contribution in [1.82, 2.24) is 5.01 Å². The standard InChI is InChI=1S/C43H38ClFN4O7/c1-55-30-14-17-36(50)34(22-30)38-31-15-16-32-37(41(53)48(39(32)51)29-12-10-28(11-13-29)47-18-20-56-21-19-47)33(31)23-35-40(52)49(46-27-8-6-26(45)7-9-27)42(54)43(35,38)24-2-4-25(44)5-3-24/h2-15,17,22,32-33,35,37-38,46,50H,16,18-21,23H2,1H3/t32-,33+,35-,37-,38+,43+/m0/s1. The van der Waals surface area contributed by atoms with E-state index in [1.54, 1.807) is 48.5 Å². The Labute approximate surface area is 327 Å². The summed E-state index contributed by atoms with van der Waals surface area (Å²) in [5.74, 6) is -6.28. The number of ether oxygens (including phenoxy) is 2. The molecule has 3 saturated heterocycles. The molecule has 4 fully saturated rings. The Morgan fingerprint density at radius 1 is 0.857 bits per heavy atom. The van der Waals surface area contributed by atoms with Crippen molar-refractivity contribution in [2.45, 2.75) is 24.2 Å². The zero-order valence-electron chi connectivity index (χ0n) is 30.4. The highest BCUT2D eigenvalue weighted by molar-refractivity contribution is 6.30. The van der Waals surface area contributed by atoms with Gasteiger partial charge in [-0.2, -0.15) is 5.01 Å². The number of nitrogens with one attached hydrogen (secondary N) is 1. The van der Waals surface area contributed by atoms with E-state index in [1.165, 1.54) is 42.3 Å². The van der Waals surface area contributed by atoms with Crippen LogP contribution >= 0.6 is 11.6 Å². The quantitative estimate of drug-likeness (QED) is 0.166. The molecule has 286 valence electrons. The van der Waals surface area contributed by atoms with Crippen LogP contribution in [0.4, 0.5) is 21.5 Å². The van der Waals surface area contributed by atoms with Crippen LogP contribution in [0.2, 0.25) is 5.02 Å². The first-order valence-electron chi connectivity index (χ1n) is 18.7. The molecular formula is C43H38ClFN4O7. The molecule has 4 aromatic rings. The lowest BCUT2D eigenvalue weighted by atomic mass is 9.49. The van der Waals surface area contributed by atoms with Gasteiger partial charge in [0, 0.05) is 35.3 Å². The fourth-order valence-corrected chi connectivity index (χ4v) is 9.91. The van der Waals surface area contributed by atoms with Crippen molar-refractivity contribution in [3.05, 3.63) is 125 Å². The molecule has 4 aromatic carbocycles. The molecule has 3 aliphatic heterocycles. The molecule has 0 aromatic heterocycles. The minimum atomic E-state index is -1.64. The number of benzene rings is 4. The van der Waals surface area contributed by atoms with E-state index < -0.39 is 52.6 Å². The van der Waals surface area contributed by atoms with Crippen molar-refractivity contribution in [3.8, 4) is 11.5 Å². The first-order chi connectivity index (χ1) is 27.1. The first kappa shape index (κ1) is 35.9. The molecule has 2 aliphatic carbocycles. The van der Waals surface area contributed by atoms with Gasteiger partial charge in [0.1, 0.15) is 17.3 Å². The summed E-state index contributed by atoms with van der Waals surface area (Å²) < 4.78 is 25.0. The lowest BCUT2D eigenvalue weighted by molar-refractivity contribution is -0.138. The molecular weight excluding hydrogens is 739 g/mol. The average Bonchev–Trinajstić information content (AvgIpc) is 3.60. The zero-order chi connectivity index (χ0) is 38.9. The average molecular weight is 777 g/mol. The summed E-state index contributed by atoms with van der Waals surface area (Å²) in [5.41, 5.74) is 4.52. The van der Waals surface area contributed by atoms with Crippen LogP contribution in [-0.4, -0.2) is 67.2 Å². The van der Waals surface area contributed by atoms with E-state index >= 15 is 4.79 Å². The van der Waals surface area contributed by atoms with E-state index in [4.69, 9.17) is 21.1 Å². The lowest BCUT2D eigenvalue weighted by Crippen LogP contribution is -2.53. The van der Waals surface area contributed by atoms with Crippen LogP contribution in [0.5, 0.6) is 11.5 Å². The second-order valence-corrected chi connectivity index (χ2v) is 15.4. The number of halogens is 2. The smallest absolute Gasteiger partial charge is 0.260 e. The summed E-state index contributed by atoms with van der Waals surface area (Å²) in [7, 11) is 1.49. The van der Waals surface area contributed by atoms with E-state index in [0.29, 0.717) is 52.1 Å². The lowest BCUT2D eigenvalue weighted by Gasteiger charge is -2.50. The van der Waals surface area contributed by atoms with Crippen LogP contribution in [0.15, 0.2) is 103 Å². The number of phenols is 1. The number of anilines is 3. The number of hydrogen-bond donors (Lipinski definition) is 2. The molecule has 4 amide bonds. The number of allylic oxidation sites excluding steroid dienone is 2. The number of imide groups is 2. The van der Waals surface area contributed by atoms with Gasteiger partial charge < -0.3 is 19.5 Å². The van der Waals surface area contributed by atoms with E-state index in [2.05, 4.69) is 10.3 Å². The van der Waals surface area contributed by atoms with Crippen LogP contribution in [0.1, 0.15) is 29.9 Å². The van der Waals surface area contributed by atoms with Gasteiger partial charge in [-0.15, -0.1) is 0 Å². The fraction of sp³-hybridized carbons (Fsp3) is 0.302. The van der Waals surface area contributed by atoms with Crippen molar-refractivity contribution >= 4 is 52.3 Å². The molecule has 2 N–H and O–H groups in total. The van der Waals surface area contributed by atoms with Gasteiger partial charge in [-0.05, 0) is 103 Å². The molecule has 0 bridgehead atoms. The van der Waals surface area contributed by atoms with Gasteiger partial charge >= 0.3 is 0 Å². The van der Waals surface area contributed by atoms with Gasteiger partial charge in [0.25, 0.3) is 11.8 Å². The third kappa shape index (κ3) is 5.48. The van der Waals surface area contributed by atoms with Crippen molar-refractivity contribution in [2.24, 2.45) is 23.7 Å². The van der Waals surface area contributed by atoms with Gasteiger partial charge in [0.2, 0.25) is 11.8 Å². The molecule has 11 nitrogen and oxygen atoms in total. The van der Waals surface area contributed by atoms with E-state index in [0.717, 1.165) is 23.8 Å². The van der Waals surface area contributed by atoms with Gasteiger partial charge in [0.15, 0.2) is 0 Å². The Morgan fingerprint density at radius 3 is 2.25 bits per heavy atom. The maximum absolute atomic E-state index is 15.3. The van der Waals surface area contributed by atoms with Gasteiger partial charge in [0.05, 0.1) is 54.9 Å². The van der Waals surface area contributed by atoms with Crippen LogP contribution < -0.4 is 20.0 Å². The van der Waals surface area contributed by atoms with Crippen molar-refractivity contribution < 1.29 is 38.1 Å². The minimum absolute atomic E-state index is 0.0614. The summed E-state index contributed by atoms with van der Waals surface area (Å²) in [5, 5.41) is 13.0. The number of hydrogen-bond acceptors (Lipinski definition) is 9. The molecule has 1 saturated carbocycles. The predicted octanol–water partition coefficient (Wildman–Crippen LogP) is 6.22. The number of carbonyl (C=O) groups is 4. The maximum atomic E-state index is 15.3. The number of hydrazine groups is 1. The summed E-state index contributed by atoms with van der Waals surface area (Å²) in [6.45, 7) is 2.71. The number of methoxy groups -OCH3 is 1. The highest BCUT2D eigenvalue weighted by Crippen LogP contribution is 2.65. The number of phenolic OH excluding ortho intramolecular Hbond substituents is 1. The van der Waals surface area contributed by atoms with Crippen LogP contribution in [0, 0.1) is 29.5 Å². The topological polar surface area (TPSA) is 129 Å². The molecule has 13 heteroatoms. The Bertz CT molecular complexity index is 2280. The third-order valence-electron chi connectivity index (χ3n) is 12.3. The number of carbonyl (C=O) groups excluding carboxylic acids is 4. The van der Waals surface area contributed by atoms with Crippen LogP contribution in [0.3, 0.4) is 0 Å². The summed E-state index contributed by atoms with van der Waals surface area (Å²) >= 11 is 6.38. The number of nitrogens with zero attached hydrogens (tertiary/aromatic N) is 3. The van der Waals surface area contributed by atoms with Crippen LogP contribution in [0.25, 0.3) is 0 Å². The number of morpholine rings is 1. The Hall–Kier alpha value is -5.72. The molecule has 5 aliphatic rings. The molecule has 3 heterocycles. The SMILES string of the molecule is COc1ccc(O)c([C@H]2C3=CC[C@@H]4C(=O)N(c5ccc(N6CCOCC6)cc5)C(=O)[C@@H]4[C@@H]3C[C@H]3C(=O)N(Nc4ccc(F)cc4)C(=O)[C@@]23c2ccc(Cl)cc2)c1. The Kier molecular flexibility index (Phi) is 8.85. The number of amides is 4. The molecule has 6 atom stereocenters. The van der Waals surface area contributed by atoms with E-state index in [1.807, 2.05) is 18.2 Å². The Balaban J connectivity index is 1.18. The van der Waals surface area contributed by atoms with Gasteiger partial charge in [-0.3, -0.25) is 29.5 Å². The maximum Gasteiger partial charge on any atom is 0.260 e. The number of aromatic hydroxyl groups is 1. The second-order valence-electron chi connectivity index (χ2n) is 14.9. The van der Waals surface area contributed by atoms with Gasteiger partial charge in [-0.1, -0.05) is 35.4 Å². The minimum Gasteiger partial charge on any atom is -0.508 e. The number of rotatable bonds is 7. The molecule has 56 heavy (non-hydrogen) atoms. The highest BCUT2D eigenvalue weighted by Gasteiger charge is 2.70. The molecule has 9 rings (SSSR count). The molecule has 0 spiro atoms. The largest absolute Gasteiger partial charge is 0.508 e. The third-order valence-corrected chi connectivity index (χ3v) is 12.5. The first-order valence-corrected chi connectivity index (χ1v) is 19.0. The normalized spacial score (nSPS) is 27.2. The van der Waals surface area contributed by atoms with E-state index in [9.17, 15) is 23.9 Å². The zero-order valence-corrected chi connectivity index (χ0v) is 31.1. The predicted molar refractivity (Wildman–Crippen MR) is 206 cm³/mol. The number of fused-ring (bicyclic) bond motifs is 4. The van der Waals surface area contributed by atoms with Crippen molar-refractivity contribution in [2.75, 3.05) is 48.6 Å². The summed E-state index contributed by atoms with van der Waals surface area (Å²) in [4.78, 5) is 62.6. The fourth-order valence-electron chi connectivity index (χ4n) is 9.78. The Morgan fingerprint density at radius 2 is 1.55 bits per heavy atom. The monoisotopic (exact) mass is 776 g/mol.